The number of pyridine rings is 1. The number of fused-ring (bicyclic) bond motifs is 1. The highest BCUT2D eigenvalue weighted by Gasteiger charge is 2.22. The molecule has 7 heteroatoms. The number of hydrogen-bond acceptors (Lipinski definition) is 6. The number of morpholine rings is 1. The minimum atomic E-state index is -0.292. The minimum absolute atomic E-state index is 0.286. The molecule has 4 rings (SSSR count). The highest BCUT2D eigenvalue weighted by Crippen LogP contribution is 2.32. The summed E-state index contributed by atoms with van der Waals surface area (Å²) in [5.41, 5.74) is 8.68. The second-order valence-electron chi connectivity index (χ2n) is 6.01. The lowest BCUT2D eigenvalue weighted by Crippen LogP contribution is -2.37. The smallest absolute Gasteiger partial charge is 0.286 e. The molecule has 6 nitrogen and oxygen atoms in total. The van der Waals surface area contributed by atoms with E-state index in [1.54, 1.807) is 0 Å². The van der Waals surface area contributed by atoms with Gasteiger partial charge in [0.25, 0.3) is 5.91 Å². The number of aryl methyl sites for hydroxylation is 1. The number of thioether (sulfide) groups is 1. The number of amides is 1. The van der Waals surface area contributed by atoms with Crippen molar-refractivity contribution in [1.29, 1.82) is 0 Å². The van der Waals surface area contributed by atoms with E-state index in [0.29, 0.717) is 18.1 Å². The van der Waals surface area contributed by atoms with E-state index in [1.165, 1.54) is 11.8 Å². The van der Waals surface area contributed by atoms with Gasteiger partial charge in [0, 0.05) is 24.0 Å². The van der Waals surface area contributed by atoms with Crippen LogP contribution in [0.15, 0.2) is 34.2 Å². The monoisotopic (exact) mass is 354 g/mol. The van der Waals surface area contributed by atoms with Crippen molar-refractivity contribution < 1.29 is 9.53 Å². The highest BCUT2D eigenvalue weighted by molar-refractivity contribution is 8.18. The van der Waals surface area contributed by atoms with Gasteiger partial charge < -0.3 is 15.4 Å². The Morgan fingerprint density at radius 2 is 2.12 bits per heavy atom. The number of hydrogen-bond donors (Lipinski definition) is 1. The van der Waals surface area contributed by atoms with Crippen molar-refractivity contribution in [3.8, 4) is 0 Å². The number of anilines is 1. The first-order chi connectivity index (χ1) is 12.1. The van der Waals surface area contributed by atoms with Crippen LogP contribution in [-0.2, 0) is 9.53 Å². The molecule has 0 bridgehead atoms. The molecule has 128 valence electrons. The summed E-state index contributed by atoms with van der Waals surface area (Å²) in [4.78, 5) is 23.4. The van der Waals surface area contributed by atoms with Gasteiger partial charge in [0.05, 0.1) is 23.6 Å². The van der Waals surface area contributed by atoms with Crippen LogP contribution in [0.3, 0.4) is 0 Å². The molecule has 25 heavy (non-hydrogen) atoms. The molecular weight excluding hydrogens is 336 g/mol. The number of nitrogens with two attached hydrogens (primary N) is 1. The summed E-state index contributed by atoms with van der Waals surface area (Å²) in [6.45, 7) is 4.96. The van der Waals surface area contributed by atoms with Crippen molar-refractivity contribution in [2.75, 3.05) is 31.2 Å². The van der Waals surface area contributed by atoms with E-state index in [9.17, 15) is 4.79 Å². The van der Waals surface area contributed by atoms with Crippen LogP contribution < -0.4 is 10.6 Å². The summed E-state index contributed by atoms with van der Waals surface area (Å²) in [5, 5.41) is 1.34. The first-order valence-electron chi connectivity index (χ1n) is 8.13. The van der Waals surface area contributed by atoms with Crippen LogP contribution in [0.2, 0.25) is 0 Å². The van der Waals surface area contributed by atoms with Crippen molar-refractivity contribution in [2.24, 2.45) is 10.7 Å². The third-order valence-electron chi connectivity index (χ3n) is 4.29. The average Bonchev–Trinajstić information content (AvgIpc) is 2.93. The molecule has 0 atom stereocenters. The van der Waals surface area contributed by atoms with E-state index in [-0.39, 0.29) is 11.1 Å². The SMILES string of the molecule is Cc1cccc2cc(/C=C3/SC(N)=NC3=O)c(N3CCOCC3)nc12. The quantitative estimate of drug-likeness (QED) is 0.834. The van der Waals surface area contributed by atoms with Gasteiger partial charge in [0.1, 0.15) is 5.82 Å². The van der Waals surface area contributed by atoms with Crippen LogP contribution in [0.25, 0.3) is 17.0 Å². The van der Waals surface area contributed by atoms with Crippen molar-refractivity contribution >= 4 is 45.6 Å². The molecular formula is C18H18N4O2S. The zero-order valence-electron chi connectivity index (χ0n) is 13.9. The lowest BCUT2D eigenvalue weighted by atomic mass is 10.1. The van der Waals surface area contributed by atoms with Gasteiger partial charge in [-0.15, -0.1) is 0 Å². The van der Waals surface area contributed by atoms with Gasteiger partial charge >= 0.3 is 0 Å². The standard InChI is InChI=1S/C18H18N4O2S/c1-11-3-2-4-12-9-13(10-14-17(23)21-18(19)25-14)16(20-15(11)12)22-5-7-24-8-6-22/h2-4,9-10H,5-8H2,1H3,(H2,19,21,23)/b14-10+. The Morgan fingerprint density at radius 1 is 1.32 bits per heavy atom. The molecule has 3 heterocycles. The normalized spacial score (nSPS) is 19.7. The molecule has 1 amide bonds. The van der Waals surface area contributed by atoms with E-state index in [2.05, 4.69) is 28.9 Å². The third-order valence-corrected chi connectivity index (χ3v) is 5.10. The number of para-hydroxylation sites is 1. The number of amidine groups is 1. The lowest BCUT2D eigenvalue weighted by Gasteiger charge is -2.29. The fourth-order valence-electron chi connectivity index (χ4n) is 3.05. The van der Waals surface area contributed by atoms with E-state index in [1.807, 2.05) is 18.2 Å². The molecule has 1 saturated heterocycles. The minimum Gasteiger partial charge on any atom is -0.378 e. The average molecular weight is 354 g/mol. The second kappa shape index (κ2) is 6.50. The number of aliphatic imine (C=N–C) groups is 1. The van der Waals surface area contributed by atoms with Crippen molar-refractivity contribution in [3.05, 3.63) is 40.3 Å². The third kappa shape index (κ3) is 3.12. The first kappa shape index (κ1) is 16.1. The Balaban J connectivity index is 1.86. The summed E-state index contributed by atoms with van der Waals surface area (Å²) >= 11 is 1.20. The zero-order chi connectivity index (χ0) is 17.4. The van der Waals surface area contributed by atoms with Crippen LogP contribution in [0.1, 0.15) is 11.1 Å². The summed E-state index contributed by atoms with van der Waals surface area (Å²) in [7, 11) is 0. The molecule has 1 aromatic heterocycles. The molecule has 0 radical (unpaired) electrons. The highest BCUT2D eigenvalue weighted by atomic mass is 32.2. The second-order valence-corrected chi connectivity index (χ2v) is 7.08. The predicted molar refractivity (Wildman–Crippen MR) is 102 cm³/mol. The summed E-state index contributed by atoms with van der Waals surface area (Å²) < 4.78 is 5.46. The Hall–Kier alpha value is -2.38. The van der Waals surface area contributed by atoms with Gasteiger partial charge in [-0.2, -0.15) is 4.99 Å². The van der Waals surface area contributed by atoms with Crippen molar-refractivity contribution in [2.45, 2.75) is 6.92 Å². The molecule has 2 aliphatic heterocycles. The Bertz CT molecular complexity index is 917. The number of carbonyl (C=O) groups is 1. The Labute approximate surface area is 149 Å². The van der Waals surface area contributed by atoms with Crippen molar-refractivity contribution in [1.82, 2.24) is 4.98 Å². The maximum atomic E-state index is 12.0. The van der Waals surface area contributed by atoms with Gasteiger partial charge in [-0.05, 0) is 36.4 Å². The number of aromatic nitrogens is 1. The van der Waals surface area contributed by atoms with Gasteiger partial charge in [0.2, 0.25) is 0 Å². The topological polar surface area (TPSA) is 80.8 Å². The van der Waals surface area contributed by atoms with E-state index < -0.39 is 0 Å². The largest absolute Gasteiger partial charge is 0.378 e. The molecule has 0 unspecified atom stereocenters. The van der Waals surface area contributed by atoms with Crippen LogP contribution in [0.5, 0.6) is 0 Å². The molecule has 2 aliphatic rings. The van der Waals surface area contributed by atoms with Crippen LogP contribution in [0.4, 0.5) is 5.82 Å². The summed E-state index contributed by atoms with van der Waals surface area (Å²) in [6, 6.07) is 8.19. The van der Waals surface area contributed by atoms with Crippen molar-refractivity contribution in [3.63, 3.8) is 0 Å². The predicted octanol–water partition coefficient (Wildman–Crippen LogP) is 2.31. The molecule has 0 spiro atoms. The summed E-state index contributed by atoms with van der Waals surface area (Å²) in [5.74, 6) is 0.580. The molecule has 1 aromatic carbocycles. The van der Waals surface area contributed by atoms with E-state index in [0.717, 1.165) is 40.9 Å². The maximum Gasteiger partial charge on any atom is 0.286 e. The van der Waals surface area contributed by atoms with Gasteiger partial charge in [0.15, 0.2) is 5.17 Å². The van der Waals surface area contributed by atoms with Gasteiger partial charge in [-0.3, -0.25) is 4.79 Å². The Morgan fingerprint density at radius 3 is 2.84 bits per heavy atom. The maximum absolute atomic E-state index is 12.0. The number of rotatable bonds is 2. The molecule has 2 aromatic rings. The molecule has 0 aliphatic carbocycles. The van der Waals surface area contributed by atoms with E-state index in [4.69, 9.17) is 15.5 Å². The van der Waals surface area contributed by atoms with Crippen LogP contribution >= 0.6 is 11.8 Å². The number of nitrogens with zero attached hydrogens (tertiary/aromatic N) is 3. The number of benzene rings is 1. The number of carbonyl (C=O) groups excluding carboxylic acids is 1. The van der Waals surface area contributed by atoms with Gasteiger partial charge in [-0.25, -0.2) is 4.98 Å². The molecule has 0 saturated carbocycles. The lowest BCUT2D eigenvalue weighted by molar-refractivity contribution is -0.113. The van der Waals surface area contributed by atoms with Crippen LogP contribution in [-0.4, -0.2) is 42.4 Å². The fourth-order valence-corrected chi connectivity index (χ4v) is 3.73. The fraction of sp³-hybridized carbons (Fsp3) is 0.278. The summed E-state index contributed by atoms with van der Waals surface area (Å²) in [6.07, 6.45) is 1.84. The van der Waals surface area contributed by atoms with Gasteiger partial charge in [-0.1, -0.05) is 18.2 Å². The number of ether oxygens (including phenoxy) is 1. The first-order valence-corrected chi connectivity index (χ1v) is 8.94. The molecule has 2 N–H and O–H groups in total. The zero-order valence-corrected chi connectivity index (χ0v) is 14.7. The molecule has 1 fully saturated rings. The Kier molecular flexibility index (Phi) is 4.19. The van der Waals surface area contributed by atoms with Crippen LogP contribution in [0, 0.1) is 6.92 Å². The van der Waals surface area contributed by atoms with E-state index >= 15 is 0 Å².